The van der Waals surface area contributed by atoms with E-state index in [1.165, 1.54) is 12.1 Å². The fraction of sp³-hybridized carbons (Fsp3) is 0.429. The van der Waals surface area contributed by atoms with Gasteiger partial charge in [-0.3, -0.25) is 0 Å². The Morgan fingerprint density at radius 3 is 2.50 bits per heavy atom. The first kappa shape index (κ1) is 15.3. The fourth-order valence-electron chi connectivity index (χ4n) is 1.72. The van der Waals surface area contributed by atoms with Crippen LogP contribution in [0.5, 0.6) is 0 Å². The van der Waals surface area contributed by atoms with Gasteiger partial charge in [-0.1, -0.05) is 37.6 Å². The number of sulfone groups is 1. The minimum atomic E-state index is -3.37. The largest absolute Gasteiger partial charge is 0.223 e. The smallest absolute Gasteiger partial charge is 0.184 e. The molecule has 0 bridgehead atoms. The van der Waals surface area contributed by atoms with Crippen molar-refractivity contribution in [2.75, 3.05) is 0 Å². The third-order valence-corrected chi connectivity index (χ3v) is 5.19. The molecular formula is C14H19ClO2S. The van der Waals surface area contributed by atoms with E-state index in [1.807, 2.05) is 0 Å². The summed E-state index contributed by atoms with van der Waals surface area (Å²) in [6.07, 6.45) is 2.96. The fourth-order valence-corrected chi connectivity index (χ4v) is 3.58. The van der Waals surface area contributed by atoms with Gasteiger partial charge in [-0.05, 0) is 37.0 Å². The molecule has 0 amide bonds. The summed E-state index contributed by atoms with van der Waals surface area (Å²) >= 11 is 5.84. The average molecular weight is 287 g/mol. The molecule has 0 heterocycles. The van der Waals surface area contributed by atoms with E-state index < -0.39 is 15.1 Å². The molecular weight excluding hydrogens is 268 g/mol. The number of halogens is 1. The number of hydrogen-bond donors (Lipinski definition) is 0. The van der Waals surface area contributed by atoms with Crippen molar-refractivity contribution in [3.05, 3.63) is 41.9 Å². The van der Waals surface area contributed by atoms with Crippen LogP contribution < -0.4 is 0 Å². The highest BCUT2D eigenvalue weighted by atomic mass is 35.5. The molecule has 0 aliphatic rings. The first-order valence-corrected chi connectivity index (χ1v) is 7.92. The third-order valence-electron chi connectivity index (χ3n) is 2.81. The molecule has 0 spiro atoms. The lowest BCUT2D eigenvalue weighted by Crippen LogP contribution is -2.19. The molecule has 1 aromatic carbocycles. The van der Waals surface area contributed by atoms with Gasteiger partial charge in [0.2, 0.25) is 0 Å². The maximum atomic E-state index is 12.4. The van der Waals surface area contributed by atoms with Crippen molar-refractivity contribution in [1.82, 2.24) is 0 Å². The van der Waals surface area contributed by atoms with Crippen molar-refractivity contribution >= 4 is 21.4 Å². The second-order valence-electron chi connectivity index (χ2n) is 4.75. The summed E-state index contributed by atoms with van der Waals surface area (Å²) in [6.45, 7) is 7.79. The van der Waals surface area contributed by atoms with Crippen molar-refractivity contribution in [3.63, 3.8) is 0 Å². The Hall–Kier alpha value is -0.800. The summed E-state index contributed by atoms with van der Waals surface area (Å²) in [7, 11) is -3.37. The minimum Gasteiger partial charge on any atom is -0.223 e. The topological polar surface area (TPSA) is 34.1 Å². The summed E-state index contributed by atoms with van der Waals surface area (Å²) in [5.41, 5.74) is 0. The number of benzene rings is 1. The molecule has 18 heavy (non-hydrogen) atoms. The van der Waals surface area contributed by atoms with Crippen LogP contribution in [0, 0.1) is 5.92 Å². The maximum absolute atomic E-state index is 12.4. The van der Waals surface area contributed by atoms with Gasteiger partial charge in [-0.15, -0.1) is 6.58 Å². The van der Waals surface area contributed by atoms with Gasteiger partial charge in [0.05, 0.1) is 10.1 Å². The highest BCUT2D eigenvalue weighted by Gasteiger charge is 2.24. The van der Waals surface area contributed by atoms with Gasteiger partial charge >= 0.3 is 0 Å². The molecule has 0 saturated heterocycles. The van der Waals surface area contributed by atoms with E-state index in [9.17, 15) is 8.42 Å². The molecule has 0 fully saturated rings. The molecule has 2 nitrogen and oxygen atoms in total. The van der Waals surface area contributed by atoms with Gasteiger partial charge in [0.15, 0.2) is 9.84 Å². The average Bonchev–Trinajstić information content (AvgIpc) is 2.29. The summed E-state index contributed by atoms with van der Waals surface area (Å²) in [4.78, 5) is 0.267. The molecule has 0 radical (unpaired) electrons. The van der Waals surface area contributed by atoms with Crippen LogP contribution in [-0.2, 0) is 9.84 Å². The second kappa shape index (κ2) is 6.39. The predicted molar refractivity (Wildman–Crippen MR) is 76.7 cm³/mol. The van der Waals surface area contributed by atoms with Crippen molar-refractivity contribution in [1.29, 1.82) is 0 Å². The van der Waals surface area contributed by atoms with Gasteiger partial charge in [0.1, 0.15) is 0 Å². The van der Waals surface area contributed by atoms with Gasteiger partial charge in [-0.2, -0.15) is 0 Å². The molecule has 0 aliphatic heterocycles. The Labute approximate surface area is 115 Å². The molecule has 100 valence electrons. The molecule has 1 rings (SSSR count). The van der Waals surface area contributed by atoms with Crippen molar-refractivity contribution in [2.45, 2.75) is 36.8 Å². The zero-order chi connectivity index (χ0) is 13.8. The Morgan fingerprint density at radius 1 is 1.33 bits per heavy atom. The lowest BCUT2D eigenvalue weighted by Gasteiger charge is -2.15. The summed E-state index contributed by atoms with van der Waals surface area (Å²) in [5.74, 6) is 0.474. The lowest BCUT2D eigenvalue weighted by atomic mass is 10.1. The van der Waals surface area contributed by atoms with E-state index in [1.54, 1.807) is 18.2 Å². The van der Waals surface area contributed by atoms with Gasteiger partial charge in [0, 0.05) is 5.02 Å². The Kier molecular flexibility index (Phi) is 5.42. The van der Waals surface area contributed by atoms with Crippen molar-refractivity contribution < 1.29 is 8.42 Å². The monoisotopic (exact) mass is 286 g/mol. The van der Waals surface area contributed by atoms with Crippen LogP contribution in [0.1, 0.15) is 26.7 Å². The van der Waals surface area contributed by atoms with Crippen LogP contribution in [0.15, 0.2) is 41.8 Å². The Bertz CT molecular complexity index is 506. The van der Waals surface area contributed by atoms with Crippen LogP contribution in [0.2, 0.25) is 5.02 Å². The van der Waals surface area contributed by atoms with E-state index in [0.717, 1.165) is 6.42 Å². The quantitative estimate of drug-likeness (QED) is 0.738. The molecule has 0 aliphatic carbocycles. The summed E-state index contributed by atoms with van der Waals surface area (Å²) < 4.78 is 24.8. The zero-order valence-corrected chi connectivity index (χ0v) is 12.3. The van der Waals surface area contributed by atoms with Gasteiger partial charge in [-0.25, -0.2) is 8.42 Å². The predicted octanol–water partition coefficient (Wildman–Crippen LogP) is 4.10. The number of rotatable bonds is 6. The zero-order valence-electron chi connectivity index (χ0n) is 10.8. The molecule has 1 atom stereocenters. The molecule has 1 aromatic rings. The SMILES string of the molecule is C=CC(CCC(C)C)S(=O)(=O)c1cccc(Cl)c1. The van der Waals surface area contributed by atoms with Crippen molar-refractivity contribution in [3.8, 4) is 0 Å². The van der Waals surface area contributed by atoms with Gasteiger partial charge < -0.3 is 0 Å². The second-order valence-corrected chi connectivity index (χ2v) is 7.35. The first-order chi connectivity index (χ1) is 8.37. The Morgan fingerprint density at radius 2 is 2.00 bits per heavy atom. The summed E-state index contributed by atoms with van der Waals surface area (Å²) in [5, 5.41) is -0.110. The highest BCUT2D eigenvalue weighted by molar-refractivity contribution is 7.92. The van der Waals surface area contributed by atoms with Gasteiger partial charge in [0.25, 0.3) is 0 Å². The normalized spacial score (nSPS) is 13.6. The van der Waals surface area contributed by atoms with Crippen molar-refractivity contribution in [2.24, 2.45) is 5.92 Å². The van der Waals surface area contributed by atoms with E-state index in [4.69, 9.17) is 11.6 Å². The highest BCUT2D eigenvalue weighted by Crippen LogP contribution is 2.24. The van der Waals surface area contributed by atoms with E-state index in [-0.39, 0.29) is 4.90 Å². The maximum Gasteiger partial charge on any atom is 0.184 e. The molecule has 0 N–H and O–H groups in total. The lowest BCUT2D eigenvalue weighted by molar-refractivity contribution is 0.540. The van der Waals surface area contributed by atoms with Crippen LogP contribution in [0.4, 0.5) is 0 Å². The van der Waals surface area contributed by atoms with Crippen LogP contribution >= 0.6 is 11.6 Å². The van der Waals surface area contributed by atoms with E-state index in [0.29, 0.717) is 17.4 Å². The first-order valence-electron chi connectivity index (χ1n) is 6.00. The minimum absolute atomic E-state index is 0.267. The van der Waals surface area contributed by atoms with E-state index in [2.05, 4.69) is 20.4 Å². The van der Waals surface area contributed by atoms with Crippen LogP contribution in [-0.4, -0.2) is 13.7 Å². The number of hydrogen-bond acceptors (Lipinski definition) is 2. The molecule has 4 heteroatoms. The standard InChI is InChI=1S/C14H19ClO2S/c1-4-13(9-8-11(2)3)18(16,17)14-7-5-6-12(15)10-14/h4-7,10-11,13H,1,8-9H2,2-3H3. The molecule has 1 unspecified atom stereocenters. The molecule has 0 saturated carbocycles. The van der Waals surface area contributed by atoms with Crippen LogP contribution in [0.25, 0.3) is 0 Å². The van der Waals surface area contributed by atoms with E-state index >= 15 is 0 Å². The summed E-state index contributed by atoms with van der Waals surface area (Å²) in [6, 6.07) is 6.38. The molecule has 0 aromatic heterocycles. The Balaban J connectivity index is 3.00. The third kappa shape index (κ3) is 3.85. The van der Waals surface area contributed by atoms with Crippen LogP contribution in [0.3, 0.4) is 0 Å².